The molecule has 0 aliphatic carbocycles. The number of rotatable bonds is 8. The number of carbonyl (C=O) groups is 2. The van der Waals surface area contributed by atoms with Crippen LogP contribution in [0.25, 0.3) is 5.76 Å². The van der Waals surface area contributed by atoms with Crippen LogP contribution in [-0.2, 0) is 16.1 Å². The molecule has 1 amide bonds. The topological polar surface area (TPSA) is 89.0 Å². The minimum Gasteiger partial charge on any atom is -0.507 e. The fraction of sp³-hybridized carbons (Fsp3) is 0.148. The Morgan fingerprint density at radius 2 is 1.88 bits per heavy atom. The van der Waals surface area contributed by atoms with Crippen molar-refractivity contribution >= 4 is 17.4 Å². The number of methoxy groups -OCH3 is 1. The number of ether oxygens (including phenoxy) is 2. The van der Waals surface area contributed by atoms with Crippen molar-refractivity contribution in [3.8, 4) is 11.5 Å². The molecule has 7 heteroatoms. The molecule has 1 N–H and O–H groups in total. The zero-order valence-corrected chi connectivity index (χ0v) is 18.7. The van der Waals surface area contributed by atoms with Gasteiger partial charge in [-0.25, -0.2) is 0 Å². The summed E-state index contributed by atoms with van der Waals surface area (Å²) in [5, 5.41) is 11.2. The van der Waals surface area contributed by atoms with Gasteiger partial charge in [0.2, 0.25) is 0 Å². The van der Waals surface area contributed by atoms with Crippen molar-refractivity contribution in [2.24, 2.45) is 0 Å². The van der Waals surface area contributed by atoms with Crippen LogP contribution in [0.3, 0.4) is 0 Å². The van der Waals surface area contributed by atoms with Gasteiger partial charge < -0.3 is 19.5 Å². The highest BCUT2D eigenvalue weighted by Gasteiger charge is 2.47. The molecule has 1 aliphatic heterocycles. The molecule has 0 bridgehead atoms. The summed E-state index contributed by atoms with van der Waals surface area (Å²) in [5.41, 5.74) is 1.75. The lowest BCUT2D eigenvalue weighted by molar-refractivity contribution is -0.140. The molecular formula is C27H24N2O5. The third kappa shape index (κ3) is 4.41. The molecule has 172 valence electrons. The van der Waals surface area contributed by atoms with Crippen molar-refractivity contribution in [2.75, 3.05) is 13.7 Å². The number of carbonyl (C=O) groups excluding carboxylic acids is 2. The van der Waals surface area contributed by atoms with Gasteiger partial charge in [0.05, 0.1) is 18.7 Å². The van der Waals surface area contributed by atoms with Crippen molar-refractivity contribution in [1.29, 1.82) is 0 Å². The summed E-state index contributed by atoms with van der Waals surface area (Å²) >= 11 is 0. The Labute approximate surface area is 197 Å². The summed E-state index contributed by atoms with van der Waals surface area (Å²) in [6.07, 6.45) is 4.91. The second kappa shape index (κ2) is 10.0. The van der Waals surface area contributed by atoms with E-state index >= 15 is 0 Å². The molecule has 1 atom stereocenters. The molecule has 34 heavy (non-hydrogen) atoms. The van der Waals surface area contributed by atoms with Crippen LogP contribution in [0.15, 0.2) is 91.3 Å². The van der Waals surface area contributed by atoms with E-state index in [4.69, 9.17) is 9.47 Å². The molecule has 1 unspecified atom stereocenters. The van der Waals surface area contributed by atoms with Gasteiger partial charge in [-0.05, 0) is 42.0 Å². The van der Waals surface area contributed by atoms with E-state index in [0.717, 1.165) is 5.56 Å². The van der Waals surface area contributed by atoms with Gasteiger partial charge in [0.15, 0.2) is 0 Å². The third-order valence-corrected chi connectivity index (χ3v) is 5.54. The number of ketones is 1. The van der Waals surface area contributed by atoms with E-state index < -0.39 is 17.7 Å². The van der Waals surface area contributed by atoms with Gasteiger partial charge in [-0.15, -0.1) is 0 Å². The molecule has 1 fully saturated rings. The van der Waals surface area contributed by atoms with Gasteiger partial charge >= 0.3 is 0 Å². The molecule has 1 saturated heterocycles. The molecule has 2 heterocycles. The molecule has 0 saturated carbocycles. The number of aliphatic hydroxyl groups excluding tert-OH is 1. The van der Waals surface area contributed by atoms with Crippen LogP contribution in [0.1, 0.15) is 22.7 Å². The second-order valence-corrected chi connectivity index (χ2v) is 7.65. The number of amides is 1. The normalized spacial score (nSPS) is 17.0. The average molecular weight is 456 g/mol. The highest BCUT2D eigenvalue weighted by Crippen LogP contribution is 2.43. The number of nitrogens with zero attached hydrogens (tertiary/aromatic N) is 2. The number of para-hydroxylation sites is 1. The quantitative estimate of drug-likeness (QED) is 0.236. The van der Waals surface area contributed by atoms with Gasteiger partial charge in [-0.1, -0.05) is 36.9 Å². The van der Waals surface area contributed by atoms with Crippen molar-refractivity contribution in [1.82, 2.24) is 9.88 Å². The number of aromatic nitrogens is 1. The first-order chi connectivity index (χ1) is 16.5. The van der Waals surface area contributed by atoms with Crippen molar-refractivity contribution in [3.63, 3.8) is 0 Å². The number of Topliss-reactive ketones (excluding diaryl/α,β-unsaturated/α-hetero) is 1. The first-order valence-electron chi connectivity index (χ1n) is 10.7. The van der Waals surface area contributed by atoms with Crippen LogP contribution in [0, 0.1) is 0 Å². The lowest BCUT2D eigenvalue weighted by atomic mass is 9.94. The summed E-state index contributed by atoms with van der Waals surface area (Å²) in [4.78, 5) is 31.9. The van der Waals surface area contributed by atoms with Gasteiger partial charge in [0.1, 0.15) is 23.9 Å². The Bertz CT molecular complexity index is 1240. The lowest BCUT2D eigenvalue weighted by Gasteiger charge is -2.26. The summed E-state index contributed by atoms with van der Waals surface area (Å²) in [6.45, 7) is 4.11. The van der Waals surface area contributed by atoms with E-state index in [9.17, 15) is 14.7 Å². The highest BCUT2D eigenvalue weighted by molar-refractivity contribution is 6.46. The zero-order chi connectivity index (χ0) is 24.1. The van der Waals surface area contributed by atoms with E-state index in [1.54, 1.807) is 73.1 Å². The van der Waals surface area contributed by atoms with E-state index in [1.165, 1.54) is 12.0 Å². The molecule has 1 aromatic heterocycles. The predicted octanol–water partition coefficient (Wildman–Crippen LogP) is 4.28. The lowest BCUT2D eigenvalue weighted by Crippen LogP contribution is -2.29. The molecule has 4 rings (SSSR count). The average Bonchev–Trinajstić information content (AvgIpc) is 3.12. The van der Waals surface area contributed by atoms with E-state index in [0.29, 0.717) is 29.2 Å². The third-order valence-electron chi connectivity index (χ3n) is 5.54. The summed E-state index contributed by atoms with van der Waals surface area (Å²) in [6, 6.07) is 16.5. The van der Waals surface area contributed by atoms with Gasteiger partial charge in [-0.3, -0.25) is 14.6 Å². The van der Waals surface area contributed by atoms with Gasteiger partial charge in [-0.2, -0.15) is 0 Å². The maximum atomic E-state index is 13.2. The molecule has 0 radical (unpaired) electrons. The number of likely N-dealkylation sites (tertiary alicyclic amines) is 1. The summed E-state index contributed by atoms with van der Waals surface area (Å²) in [5.74, 6) is -0.630. The number of hydrogen-bond donors (Lipinski definition) is 1. The maximum absolute atomic E-state index is 13.2. The van der Waals surface area contributed by atoms with Crippen LogP contribution < -0.4 is 9.47 Å². The fourth-order valence-corrected chi connectivity index (χ4v) is 3.97. The first kappa shape index (κ1) is 22.8. The van der Waals surface area contributed by atoms with Crippen LogP contribution in [0.5, 0.6) is 11.5 Å². The summed E-state index contributed by atoms with van der Waals surface area (Å²) < 4.78 is 11.0. The molecule has 2 aromatic carbocycles. The van der Waals surface area contributed by atoms with Crippen molar-refractivity contribution < 1.29 is 24.2 Å². The fourth-order valence-electron chi connectivity index (χ4n) is 3.97. The van der Waals surface area contributed by atoms with E-state index in [2.05, 4.69) is 11.6 Å². The standard InChI is InChI=1S/C27H24N2O5/c1-3-15-34-20-12-10-19(11-13-20)25(30)23-24(21-8-4-5-9-22(21)33-2)29(27(32)26(23)31)17-18-7-6-14-28-16-18/h3-14,16,24,30H,1,15,17H2,2H3/b25-23-. The second-order valence-electron chi connectivity index (χ2n) is 7.65. The number of pyridine rings is 1. The Morgan fingerprint density at radius 1 is 1.12 bits per heavy atom. The predicted molar refractivity (Wildman–Crippen MR) is 127 cm³/mol. The Morgan fingerprint density at radius 3 is 2.56 bits per heavy atom. The van der Waals surface area contributed by atoms with E-state index in [-0.39, 0.29) is 17.9 Å². The highest BCUT2D eigenvalue weighted by atomic mass is 16.5. The molecule has 7 nitrogen and oxygen atoms in total. The monoisotopic (exact) mass is 456 g/mol. The summed E-state index contributed by atoms with van der Waals surface area (Å²) in [7, 11) is 1.52. The zero-order valence-electron chi connectivity index (χ0n) is 18.7. The molecule has 0 spiro atoms. The minimum atomic E-state index is -0.840. The Kier molecular flexibility index (Phi) is 6.73. The molecular weight excluding hydrogens is 432 g/mol. The van der Waals surface area contributed by atoms with Gasteiger partial charge in [0.25, 0.3) is 11.7 Å². The minimum absolute atomic E-state index is 0.00171. The van der Waals surface area contributed by atoms with Crippen LogP contribution >= 0.6 is 0 Å². The largest absolute Gasteiger partial charge is 0.507 e. The maximum Gasteiger partial charge on any atom is 0.295 e. The van der Waals surface area contributed by atoms with Crippen LogP contribution in [0.4, 0.5) is 0 Å². The SMILES string of the molecule is C=CCOc1ccc(/C(O)=C2/C(=O)C(=O)N(Cc3cccnc3)C2c2ccccc2OC)cc1. The molecule has 1 aliphatic rings. The van der Waals surface area contributed by atoms with Gasteiger partial charge in [0, 0.05) is 30.1 Å². The smallest absolute Gasteiger partial charge is 0.295 e. The molecule has 3 aromatic rings. The Hall–Kier alpha value is -4.39. The van der Waals surface area contributed by atoms with Crippen LogP contribution in [0.2, 0.25) is 0 Å². The van der Waals surface area contributed by atoms with E-state index in [1.807, 2.05) is 6.07 Å². The number of hydrogen-bond acceptors (Lipinski definition) is 6. The van der Waals surface area contributed by atoms with Crippen molar-refractivity contribution in [3.05, 3.63) is 108 Å². The number of benzene rings is 2. The van der Waals surface area contributed by atoms with Crippen molar-refractivity contribution in [2.45, 2.75) is 12.6 Å². The Balaban J connectivity index is 1.82. The van der Waals surface area contributed by atoms with Crippen LogP contribution in [-0.4, -0.2) is 40.4 Å². The first-order valence-corrected chi connectivity index (χ1v) is 10.7. The number of aliphatic hydroxyl groups is 1.